The van der Waals surface area contributed by atoms with E-state index in [-0.39, 0.29) is 5.91 Å². The monoisotopic (exact) mass is 272 g/mol. The van der Waals surface area contributed by atoms with Crippen LogP contribution in [-0.4, -0.2) is 25.1 Å². The van der Waals surface area contributed by atoms with Gasteiger partial charge in [-0.05, 0) is 30.7 Å². The molecule has 1 N–H and O–H groups in total. The van der Waals surface area contributed by atoms with Crippen molar-refractivity contribution in [2.75, 3.05) is 19.5 Å². The van der Waals surface area contributed by atoms with Gasteiger partial charge in [0.25, 0.3) is 5.91 Å². The van der Waals surface area contributed by atoms with Crippen molar-refractivity contribution in [2.24, 2.45) is 0 Å². The van der Waals surface area contributed by atoms with E-state index >= 15 is 0 Å². The molecule has 0 unspecified atom stereocenters. The molecule has 0 atom stereocenters. The minimum Gasteiger partial charge on any atom is -0.497 e. The Morgan fingerprint density at radius 1 is 1.15 bits per heavy atom. The van der Waals surface area contributed by atoms with Gasteiger partial charge < -0.3 is 14.8 Å². The number of methoxy groups -OCH3 is 2. The smallest absolute Gasteiger partial charge is 0.255 e. The lowest BCUT2D eigenvalue weighted by Crippen LogP contribution is -2.13. The molecule has 1 aromatic heterocycles. The van der Waals surface area contributed by atoms with Gasteiger partial charge in [0, 0.05) is 17.8 Å². The molecule has 20 heavy (non-hydrogen) atoms. The van der Waals surface area contributed by atoms with E-state index in [4.69, 9.17) is 9.47 Å². The molecule has 0 aliphatic carbocycles. The largest absolute Gasteiger partial charge is 0.497 e. The first-order valence-electron chi connectivity index (χ1n) is 6.09. The Kier molecular flexibility index (Phi) is 4.20. The molecular formula is C15H16N2O3. The van der Waals surface area contributed by atoms with Crippen LogP contribution in [0.4, 0.5) is 5.69 Å². The van der Waals surface area contributed by atoms with Crippen molar-refractivity contribution in [1.29, 1.82) is 0 Å². The number of anilines is 1. The van der Waals surface area contributed by atoms with Gasteiger partial charge in [0.05, 0.1) is 26.1 Å². The molecule has 0 saturated heterocycles. The second kappa shape index (κ2) is 6.06. The summed E-state index contributed by atoms with van der Waals surface area (Å²) in [4.78, 5) is 16.2. The van der Waals surface area contributed by atoms with Crippen LogP contribution < -0.4 is 14.8 Å². The lowest BCUT2D eigenvalue weighted by Gasteiger charge is -2.10. The number of aromatic nitrogens is 1. The summed E-state index contributed by atoms with van der Waals surface area (Å²) in [5, 5.41) is 2.82. The predicted molar refractivity (Wildman–Crippen MR) is 76.5 cm³/mol. The molecule has 2 aromatic rings. The van der Waals surface area contributed by atoms with Crippen molar-refractivity contribution >= 4 is 11.6 Å². The molecule has 5 heteroatoms. The lowest BCUT2D eigenvalue weighted by molar-refractivity contribution is 0.102. The molecule has 0 radical (unpaired) electrons. The van der Waals surface area contributed by atoms with Crippen LogP contribution in [0, 0.1) is 6.92 Å². The maximum atomic E-state index is 12.3. The number of rotatable bonds is 4. The lowest BCUT2D eigenvalue weighted by atomic mass is 10.1. The van der Waals surface area contributed by atoms with Crippen LogP contribution in [0.3, 0.4) is 0 Å². The van der Waals surface area contributed by atoms with E-state index in [2.05, 4.69) is 10.3 Å². The fraction of sp³-hybridized carbons (Fsp3) is 0.200. The highest BCUT2D eigenvalue weighted by atomic mass is 16.5. The number of benzene rings is 1. The van der Waals surface area contributed by atoms with E-state index in [1.54, 1.807) is 44.8 Å². The molecule has 104 valence electrons. The number of carbonyl (C=O) groups excluding carboxylic acids is 1. The van der Waals surface area contributed by atoms with Crippen molar-refractivity contribution in [3.8, 4) is 11.5 Å². The third-order valence-electron chi connectivity index (χ3n) is 2.90. The third-order valence-corrected chi connectivity index (χ3v) is 2.90. The normalized spacial score (nSPS) is 9.95. The number of hydrogen-bond donors (Lipinski definition) is 1. The number of aryl methyl sites for hydroxylation is 1. The van der Waals surface area contributed by atoms with Gasteiger partial charge in [-0.2, -0.15) is 0 Å². The molecule has 1 amide bonds. The van der Waals surface area contributed by atoms with Crippen molar-refractivity contribution in [1.82, 2.24) is 4.98 Å². The molecule has 0 saturated carbocycles. The number of carbonyl (C=O) groups is 1. The summed E-state index contributed by atoms with van der Waals surface area (Å²) in [5.74, 6) is 0.896. The molecule has 1 heterocycles. The van der Waals surface area contributed by atoms with Crippen LogP contribution >= 0.6 is 0 Å². The first-order chi connectivity index (χ1) is 9.63. The fourth-order valence-electron chi connectivity index (χ4n) is 1.73. The summed E-state index contributed by atoms with van der Waals surface area (Å²) in [6.07, 6.45) is 3.30. The predicted octanol–water partition coefficient (Wildman–Crippen LogP) is 2.66. The van der Waals surface area contributed by atoms with Gasteiger partial charge in [-0.3, -0.25) is 9.78 Å². The van der Waals surface area contributed by atoms with Crippen LogP contribution in [-0.2, 0) is 0 Å². The summed E-state index contributed by atoms with van der Waals surface area (Å²) >= 11 is 0. The van der Waals surface area contributed by atoms with Gasteiger partial charge >= 0.3 is 0 Å². The van der Waals surface area contributed by atoms with Crippen molar-refractivity contribution < 1.29 is 14.3 Å². The number of amides is 1. The van der Waals surface area contributed by atoms with Crippen molar-refractivity contribution in [3.63, 3.8) is 0 Å². The highest BCUT2D eigenvalue weighted by Gasteiger charge is 2.11. The molecule has 1 aromatic carbocycles. The number of pyridine rings is 1. The average molecular weight is 272 g/mol. The SMILES string of the molecule is COc1cc(OC)cc(C(=O)Nc2cnccc2C)c1. The Labute approximate surface area is 117 Å². The zero-order valence-corrected chi connectivity index (χ0v) is 11.6. The first kappa shape index (κ1) is 13.9. The maximum Gasteiger partial charge on any atom is 0.255 e. The zero-order valence-electron chi connectivity index (χ0n) is 11.6. The average Bonchev–Trinajstić information content (AvgIpc) is 2.48. The summed E-state index contributed by atoms with van der Waals surface area (Å²) in [5.41, 5.74) is 2.09. The number of nitrogens with zero attached hydrogens (tertiary/aromatic N) is 1. The van der Waals surface area contributed by atoms with Crippen LogP contribution in [0.5, 0.6) is 11.5 Å². The van der Waals surface area contributed by atoms with Crippen LogP contribution in [0.1, 0.15) is 15.9 Å². The Bertz CT molecular complexity index is 604. The molecular weight excluding hydrogens is 256 g/mol. The van der Waals surface area contributed by atoms with Gasteiger partial charge in [0.1, 0.15) is 11.5 Å². The molecule has 0 bridgehead atoms. The van der Waals surface area contributed by atoms with Gasteiger partial charge in [0.2, 0.25) is 0 Å². The molecule has 0 spiro atoms. The van der Waals surface area contributed by atoms with Gasteiger partial charge in [-0.1, -0.05) is 0 Å². The Morgan fingerprint density at radius 3 is 2.35 bits per heavy atom. The zero-order chi connectivity index (χ0) is 14.5. The second-order valence-electron chi connectivity index (χ2n) is 4.25. The molecule has 5 nitrogen and oxygen atoms in total. The standard InChI is InChI=1S/C15H16N2O3/c1-10-4-5-16-9-14(10)17-15(18)11-6-12(19-2)8-13(7-11)20-3/h4-9H,1-3H3,(H,17,18). The Morgan fingerprint density at radius 2 is 1.80 bits per heavy atom. The van der Waals surface area contributed by atoms with E-state index in [1.807, 2.05) is 13.0 Å². The number of hydrogen-bond acceptors (Lipinski definition) is 4. The summed E-state index contributed by atoms with van der Waals surface area (Å²) < 4.78 is 10.3. The second-order valence-corrected chi connectivity index (χ2v) is 4.25. The number of nitrogens with one attached hydrogen (secondary N) is 1. The highest BCUT2D eigenvalue weighted by molar-refractivity contribution is 6.05. The van der Waals surface area contributed by atoms with E-state index in [0.717, 1.165) is 5.56 Å². The van der Waals surface area contributed by atoms with Gasteiger partial charge in [0.15, 0.2) is 0 Å². The van der Waals surface area contributed by atoms with Crippen molar-refractivity contribution in [2.45, 2.75) is 6.92 Å². The van der Waals surface area contributed by atoms with Crippen molar-refractivity contribution in [3.05, 3.63) is 47.8 Å². The first-order valence-corrected chi connectivity index (χ1v) is 6.09. The molecule has 0 fully saturated rings. The third kappa shape index (κ3) is 3.06. The number of ether oxygens (including phenoxy) is 2. The van der Waals surface area contributed by atoms with E-state index in [0.29, 0.717) is 22.7 Å². The summed E-state index contributed by atoms with van der Waals surface area (Å²) in [6, 6.07) is 6.86. The minimum atomic E-state index is -0.238. The molecule has 0 aliphatic rings. The quantitative estimate of drug-likeness (QED) is 0.929. The van der Waals surface area contributed by atoms with Gasteiger partial charge in [-0.25, -0.2) is 0 Å². The van der Waals surface area contributed by atoms with Crippen LogP contribution in [0.2, 0.25) is 0 Å². The maximum absolute atomic E-state index is 12.3. The minimum absolute atomic E-state index is 0.238. The topological polar surface area (TPSA) is 60.5 Å². The highest BCUT2D eigenvalue weighted by Crippen LogP contribution is 2.23. The molecule has 0 aliphatic heterocycles. The summed E-state index contributed by atoms with van der Waals surface area (Å²) in [6.45, 7) is 1.91. The van der Waals surface area contributed by atoms with E-state index < -0.39 is 0 Å². The Hall–Kier alpha value is -2.56. The van der Waals surface area contributed by atoms with E-state index in [9.17, 15) is 4.79 Å². The van der Waals surface area contributed by atoms with E-state index in [1.165, 1.54) is 0 Å². The molecule has 2 rings (SSSR count). The fourth-order valence-corrected chi connectivity index (χ4v) is 1.73. The van der Waals surface area contributed by atoms with Gasteiger partial charge in [-0.15, -0.1) is 0 Å². The Balaban J connectivity index is 2.27. The summed E-state index contributed by atoms with van der Waals surface area (Å²) in [7, 11) is 3.09. The van der Waals surface area contributed by atoms with Crippen LogP contribution in [0.25, 0.3) is 0 Å². The van der Waals surface area contributed by atoms with Crippen LogP contribution in [0.15, 0.2) is 36.7 Å².